The van der Waals surface area contributed by atoms with Gasteiger partial charge in [0.15, 0.2) is 0 Å². The SMILES string of the molecule is CP(C)C=C([CH-]P(C)C)[CH-]P(C)C.CP(C)CC([O-])(CP(C)C)CP(C)C.[Li+].[Li+].[Li+]. The van der Waals surface area contributed by atoms with Gasteiger partial charge in [0.25, 0.3) is 0 Å². The molecule has 0 aliphatic heterocycles. The summed E-state index contributed by atoms with van der Waals surface area (Å²) in [6, 6.07) is 0. The Hall–Kier alpha value is 3.81. The predicted molar refractivity (Wildman–Crippen MR) is 147 cm³/mol. The van der Waals surface area contributed by atoms with Gasteiger partial charge in [0.1, 0.15) is 0 Å². The number of hydrogen-bond donors (Lipinski definition) is 0. The molecule has 0 bridgehead atoms. The van der Waals surface area contributed by atoms with E-state index in [0.717, 1.165) is 18.5 Å². The molecule has 0 saturated heterocycles. The van der Waals surface area contributed by atoms with Gasteiger partial charge in [-0.05, 0) is 58.5 Å². The van der Waals surface area contributed by atoms with E-state index in [4.69, 9.17) is 0 Å². The van der Waals surface area contributed by atoms with Gasteiger partial charge in [-0.2, -0.15) is 0 Å². The van der Waals surface area contributed by atoms with Crippen molar-refractivity contribution in [1.29, 1.82) is 0 Å². The molecule has 0 aromatic carbocycles. The maximum absolute atomic E-state index is 12.6. The van der Waals surface area contributed by atoms with Crippen molar-refractivity contribution in [2.45, 2.75) is 5.60 Å². The van der Waals surface area contributed by atoms with Crippen molar-refractivity contribution < 1.29 is 61.7 Å². The molecule has 0 aliphatic carbocycles. The summed E-state index contributed by atoms with van der Waals surface area (Å²) in [7, 11) is 0.161. The largest absolute Gasteiger partial charge is 1.00 e. The molecule has 0 atom stereocenters. The van der Waals surface area contributed by atoms with E-state index in [1.54, 1.807) is 0 Å². The molecule has 164 valence electrons. The third-order valence-corrected chi connectivity index (χ3v) is 9.10. The molecule has 0 N–H and O–H groups in total. The molecule has 0 radical (unpaired) electrons. The van der Waals surface area contributed by atoms with Crippen LogP contribution in [0.1, 0.15) is 0 Å². The van der Waals surface area contributed by atoms with Crippen molar-refractivity contribution in [2.24, 2.45) is 0 Å². The molecule has 0 saturated carbocycles. The second-order valence-corrected chi connectivity index (χ2v) is 22.7. The zero-order chi connectivity index (χ0) is 21.8. The van der Waals surface area contributed by atoms with Crippen LogP contribution in [-0.2, 0) is 0 Å². The summed E-state index contributed by atoms with van der Waals surface area (Å²) >= 11 is 0. The molecule has 0 heterocycles. The maximum atomic E-state index is 12.6. The Labute approximate surface area is 235 Å². The molecule has 0 fully saturated rings. The van der Waals surface area contributed by atoms with E-state index in [9.17, 15) is 5.11 Å². The first kappa shape index (κ1) is 43.9. The van der Waals surface area contributed by atoms with E-state index in [0.29, 0.717) is 0 Å². The first-order chi connectivity index (χ1) is 12.2. The first-order valence-corrected chi connectivity index (χ1v) is 23.4. The van der Waals surface area contributed by atoms with Crippen LogP contribution in [0.4, 0.5) is 0 Å². The molecule has 0 aromatic rings. The van der Waals surface area contributed by atoms with Gasteiger partial charge in [0.2, 0.25) is 0 Å². The van der Waals surface area contributed by atoms with Crippen molar-refractivity contribution in [3.63, 3.8) is 0 Å². The Morgan fingerprint density at radius 1 is 0.633 bits per heavy atom. The molecule has 30 heavy (non-hydrogen) atoms. The molecule has 0 amide bonds. The minimum atomic E-state index is -0.598. The van der Waals surface area contributed by atoms with Crippen LogP contribution >= 0.6 is 47.5 Å². The monoisotopic (exact) mass is 508 g/mol. The maximum Gasteiger partial charge on any atom is 1.00 e. The summed E-state index contributed by atoms with van der Waals surface area (Å²) in [6.07, 6.45) is 7.62. The van der Waals surface area contributed by atoms with Crippen LogP contribution in [0, 0.1) is 12.3 Å². The number of rotatable bonds is 11. The summed E-state index contributed by atoms with van der Waals surface area (Å²) in [6.45, 7) is 27.2. The van der Waals surface area contributed by atoms with Gasteiger partial charge in [-0.15, -0.1) is 29.4 Å². The van der Waals surface area contributed by atoms with Crippen LogP contribution in [0.25, 0.3) is 0 Å². The Kier molecular flexibility index (Phi) is 35.8. The molecule has 0 rings (SSSR count). The van der Waals surface area contributed by atoms with Gasteiger partial charge in [-0.1, -0.05) is 40.0 Å². The summed E-state index contributed by atoms with van der Waals surface area (Å²) in [5, 5.41) is 12.6. The van der Waals surface area contributed by atoms with Gasteiger partial charge in [0, 0.05) is 0 Å². The van der Waals surface area contributed by atoms with Crippen LogP contribution in [0.5, 0.6) is 0 Å². The summed E-state index contributed by atoms with van der Waals surface area (Å²) < 4.78 is 0. The van der Waals surface area contributed by atoms with Gasteiger partial charge < -0.3 is 10.7 Å². The smallest absolute Gasteiger partial charge is 0.849 e. The third-order valence-electron chi connectivity index (χ3n) is 3.03. The van der Waals surface area contributed by atoms with E-state index in [1.807, 2.05) is 0 Å². The van der Waals surface area contributed by atoms with Crippen molar-refractivity contribution in [1.82, 2.24) is 0 Å². The van der Waals surface area contributed by atoms with Crippen LogP contribution in [0.3, 0.4) is 0 Å². The van der Waals surface area contributed by atoms with E-state index in [-0.39, 0.29) is 104 Å². The third kappa shape index (κ3) is 31.8. The fourth-order valence-corrected chi connectivity index (χ4v) is 10.1. The second-order valence-electron chi connectivity index (χ2n) is 8.67. The molecule has 10 heteroatoms. The van der Waals surface area contributed by atoms with Crippen LogP contribution in [0.15, 0.2) is 11.4 Å². The molecular formula is C20H45Li3OP6. The Morgan fingerprint density at radius 2 is 0.900 bits per heavy atom. The average molecular weight is 508 g/mol. The molecule has 0 spiro atoms. The summed E-state index contributed by atoms with van der Waals surface area (Å²) in [4.78, 5) is 0. The van der Waals surface area contributed by atoms with Crippen LogP contribution in [-0.4, -0.2) is 104 Å². The number of allylic oxidation sites excluding steroid dienone is 1. The summed E-state index contributed by atoms with van der Waals surface area (Å²) in [5.41, 5.74) is 0.892. The first-order valence-electron chi connectivity index (χ1n) is 9.22. The van der Waals surface area contributed by atoms with E-state index < -0.39 is 5.60 Å². The Balaban J connectivity index is -0.000000127. The number of hydrogen-bond acceptors (Lipinski definition) is 1. The predicted octanol–water partition coefficient (Wildman–Crippen LogP) is -2.26. The minimum Gasteiger partial charge on any atom is -0.849 e. The minimum absolute atomic E-state index is 0. The van der Waals surface area contributed by atoms with Crippen LogP contribution < -0.4 is 61.7 Å². The van der Waals surface area contributed by atoms with E-state index in [1.165, 1.54) is 5.57 Å². The normalized spacial score (nSPS) is 10.9. The zero-order valence-electron chi connectivity index (χ0n) is 22.9. The summed E-state index contributed by atoms with van der Waals surface area (Å²) in [5.74, 6) is 2.43. The van der Waals surface area contributed by atoms with Gasteiger partial charge in [0.05, 0.1) is 0 Å². The second kappa shape index (κ2) is 24.5. The fraction of sp³-hybridized carbons (Fsp3) is 0.800. The van der Waals surface area contributed by atoms with Gasteiger partial charge in [-0.3, -0.25) is 18.1 Å². The van der Waals surface area contributed by atoms with Crippen molar-refractivity contribution in [3.05, 3.63) is 23.7 Å². The van der Waals surface area contributed by atoms with Crippen molar-refractivity contribution in [2.75, 3.05) is 98.5 Å². The van der Waals surface area contributed by atoms with E-state index >= 15 is 0 Å². The molecule has 0 aliphatic rings. The molecule has 0 unspecified atom stereocenters. The van der Waals surface area contributed by atoms with Gasteiger partial charge in [-0.25, -0.2) is 23.8 Å². The van der Waals surface area contributed by atoms with E-state index in [2.05, 4.69) is 98.1 Å². The van der Waals surface area contributed by atoms with Crippen molar-refractivity contribution >= 4 is 47.5 Å². The van der Waals surface area contributed by atoms with Crippen molar-refractivity contribution in [3.8, 4) is 0 Å². The molecular weight excluding hydrogens is 463 g/mol. The Morgan fingerprint density at radius 3 is 1.07 bits per heavy atom. The molecule has 1 nitrogen and oxygen atoms in total. The van der Waals surface area contributed by atoms with Crippen LogP contribution in [0.2, 0.25) is 0 Å². The Bertz CT molecular complexity index is 367. The zero-order valence-corrected chi connectivity index (χ0v) is 28.3. The fourth-order valence-electron chi connectivity index (χ4n) is 2.87. The van der Waals surface area contributed by atoms with Gasteiger partial charge >= 0.3 is 56.6 Å². The quantitative estimate of drug-likeness (QED) is 0.176. The topological polar surface area (TPSA) is 23.1 Å². The standard InChI is InChI=1S/C10H24OP3.C10H21P3.3Li/c1-12(2)7-10(11,8-13(3)4)9-14(5)6;1-11(2)7-10(8-12(3)4)9-13(5)6;;;/h7-9H2,1-6H3;7-9H,1-6H3;;;/q-1;-2;3*+1. The average Bonchev–Trinajstić information content (AvgIpc) is 2.32. The molecule has 0 aromatic heterocycles.